The maximum atomic E-state index is 13.0. The highest BCUT2D eigenvalue weighted by atomic mass is 35.5. The van der Waals surface area contributed by atoms with Crippen LogP contribution in [-0.2, 0) is 27.2 Å². The number of pyridine rings is 1. The number of carbonyl (C=O) groups is 1. The van der Waals surface area contributed by atoms with Crippen molar-refractivity contribution in [1.82, 2.24) is 34.9 Å². The highest BCUT2D eigenvalue weighted by Crippen LogP contribution is 2.30. The van der Waals surface area contributed by atoms with Gasteiger partial charge in [-0.05, 0) is 88.3 Å². The molecule has 0 spiro atoms. The Bertz CT molecular complexity index is 2440. The molecule has 0 bridgehead atoms. The Morgan fingerprint density at radius 1 is 0.870 bits per heavy atom. The molecule has 3 aliphatic rings. The van der Waals surface area contributed by atoms with Gasteiger partial charge in [-0.25, -0.2) is 19.9 Å². The van der Waals surface area contributed by atoms with Gasteiger partial charge < -0.3 is 49.2 Å². The molecule has 6 heterocycles. The van der Waals surface area contributed by atoms with E-state index < -0.39 is 0 Å². The van der Waals surface area contributed by atoms with Crippen molar-refractivity contribution in [1.29, 1.82) is 5.26 Å². The fraction of sp³-hybridized carbons (Fsp3) is 0.540. The molecule has 18 nitrogen and oxygen atoms in total. The minimum absolute atomic E-state index is 0.0275. The average molecular weight is 967 g/mol. The molecular weight excluding hydrogens is 902 g/mol. The van der Waals surface area contributed by atoms with E-state index in [9.17, 15) is 9.90 Å². The van der Waals surface area contributed by atoms with Crippen LogP contribution in [0.5, 0.6) is 11.6 Å². The second-order valence-electron chi connectivity index (χ2n) is 17.7. The lowest BCUT2D eigenvalue weighted by Gasteiger charge is -2.36. The second kappa shape index (κ2) is 25.1. The van der Waals surface area contributed by atoms with Crippen LogP contribution in [0.2, 0.25) is 5.02 Å². The Morgan fingerprint density at radius 2 is 1.65 bits per heavy atom. The molecule has 69 heavy (non-hydrogen) atoms. The zero-order valence-electron chi connectivity index (χ0n) is 39.4. The third kappa shape index (κ3) is 13.7. The molecule has 1 aliphatic carbocycles. The molecule has 368 valence electrons. The van der Waals surface area contributed by atoms with E-state index in [1.165, 1.54) is 6.42 Å². The summed E-state index contributed by atoms with van der Waals surface area (Å²) < 4.78 is 31.3. The summed E-state index contributed by atoms with van der Waals surface area (Å²) >= 11 is 6.15. The molecule has 1 saturated carbocycles. The van der Waals surface area contributed by atoms with E-state index >= 15 is 0 Å². The van der Waals surface area contributed by atoms with E-state index in [4.69, 9.17) is 45.5 Å². The first-order chi connectivity index (χ1) is 33.9. The predicted molar refractivity (Wildman–Crippen MR) is 261 cm³/mol. The SMILES string of the molecule is CCc1cnn2c(NCc3ccc(OCCOCCOCCOC4CCN(c5ncc(C(=O)N[C@H]6CC[C@H](Oc7ccc(C#N)c(Cl)c7)CC6)cn5)CC4)nc3)cc(N3CCCC[C@H]3CCO)nc12. The third-order valence-corrected chi connectivity index (χ3v) is 13.3. The van der Waals surface area contributed by atoms with Gasteiger partial charge in [0.2, 0.25) is 11.8 Å². The largest absolute Gasteiger partial charge is 0.490 e. The van der Waals surface area contributed by atoms with Crippen LogP contribution in [0.3, 0.4) is 0 Å². The topological polar surface area (TPSA) is 207 Å². The van der Waals surface area contributed by atoms with Gasteiger partial charge in [-0.15, -0.1) is 0 Å². The number of nitriles is 1. The Balaban J connectivity index is 0.651. The normalized spacial score (nSPS) is 18.8. The minimum atomic E-state index is -0.179. The number of rotatable bonds is 23. The molecule has 2 aliphatic heterocycles. The number of ether oxygens (including phenoxy) is 5. The van der Waals surface area contributed by atoms with Gasteiger partial charge >= 0.3 is 0 Å². The molecule has 0 unspecified atom stereocenters. The lowest BCUT2D eigenvalue weighted by molar-refractivity contribution is -0.0199. The number of benzene rings is 1. The smallest absolute Gasteiger partial charge is 0.254 e. The van der Waals surface area contributed by atoms with E-state index in [2.05, 4.69) is 59.5 Å². The van der Waals surface area contributed by atoms with Gasteiger partial charge in [0.15, 0.2) is 5.65 Å². The molecule has 19 heteroatoms. The minimum Gasteiger partial charge on any atom is -0.490 e. The zero-order valence-corrected chi connectivity index (χ0v) is 40.2. The molecule has 2 saturated heterocycles. The summed E-state index contributed by atoms with van der Waals surface area (Å²) in [6, 6.07) is 13.4. The monoisotopic (exact) mass is 965 g/mol. The molecule has 0 radical (unpaired) electrons. The van der Waals surface area contributed by atoms with Gasteiger partial charge in [0.1, 0.15) is 30.1 Å². The summed E-state index contributed by atoms with van der Waals surface area (Å²) in [7, 11) is 0. The van der Waals surface area contributed by atoms with Crippen molar-refractivity contribution >= 4 is 40.7 Å². The van der Waals surface area contributed by atoms with Crippen LogP contribution < -0.4 is 29.9 Å². The van der Waals surface area contributed by atoms with Crippen molar-refractivity contribution in [2.75, 3.05) is 81.0 Å². The number of nitrogens with zero attached hydrogens (tertiary/aromatic N) is 9. The first kappa shape index (κ1) is 49.6. The summed E-state index contributed by atoms with van der Waals surface area (Å²) in [5.41, 5.74) is 3.81. The third-order valence-electron chi connectivity index (χ3n) is 13.0. The number of hydrogen-bond donors (Lipinski definition) is 3. The first-order valence-corrected chi connectivity index (χ1v) is 24.8. The summed E-state index contributed by atoms with van der Waals surface area (Å²) in [6.45, 7) is 7.99. The van der Waals surface area contributed by atoms with Gasteiger partial charge in [0.05, 0.1) is 67.6 Å². The van der Waals surface area contributed by atoms with Crippen LogP contribution in [0.25, 0.3) is 5.65 Å². The molecule has 1 aromatic carbocycles. The summed E-state index contributed by atoms with van der Waals surface area (Å²) in [5.74, 6) is 3.39. The summed E-state index contributed by atoms with van der Waals surface area (Å²) in [5, 5.41) is 30.5. The Kier molecular flexibility index (Phi) is 18.1. The van der Waals surface area contributed by atoms with E-state index in [1.807, 2.05) is 29.0 Å². The lowest BCUT2D eigenvalue weighted by Crippen LogP contribution is -2.40. The molecule has 3 N–H and O–H groups in total. The van der Waals surface area contributed by atoms with Crippen molar-refractivity contribution in [2.24, 2.45) is 0 Å². The second-order valence-corrected chi connectivity index (χ2v) is 18.1. The Hall–Kier alpha value is -5.84. The first-order valence-electron chi connectivity index (χ1n) is 24.4. The maximum Gasteiger partial charge on any atom is 0.254 e. The fourth-order valence-corrected chi connectivity index (χ4v) is 9.35. The fourth-order valence-electron chi connectivity index (χ4n) is 9.13. The highest BCUT2D eigenvalue weighted by Gasteiger charge is 2.27. The molecule has 1 amide bonds. The van der Waals surface area contributed by atoms with E-state index in [-0.39, 0.29) is 36.8 Å². The van der Waals surface area contributed by atoms with Crippen molar-refractivity contribution in [3.63, 3.8) is 0 Å². The van der Waals surface area contributed by atoms with Crippen molar-refractivity contribution in [3.05, 3.63) is 88.5 Å². The van der Waals surface area contributed by atoms with Crippen LogP contribution in [0.1, 0.15) is 98.2 Å². The van der Waals surface area contributed by atoms with E-state index in [0.29, 0.717) is 79.9 Å². The van der Waals surface area contributed by atoms with Gasteiger partial charge in [-0.1, -0.05) is 24.6 Å². The van der Waals surface area contributed by atoms with Crippen LogP contribution in [0, 0.1) is 11.3 Å². The van der Waals surface area contributed by atoms with Gasteiger partial charge in [-0.3, -0.25) is 4.79 Å². The van der Waals surface area contributed by atoms with Crippen LogP contribution in [0.15, 0.2) is 61.2 Å². The van der Waals surface area contributed by atoms with Crippen LogP contribution in [0.4, 0.5) is 17.6 Å². The van der Waals surface area contributed by atoms with Crippen molar-refractivity contribution in [3.8, 4) is 17.7 Å². The number of fused-ring (bicyclic) bond motifs is 1. The number of nitrogens with one attached hydrogen (secondary N) is 2. The number of aliphatic hydroxyl groups excluding tert-OH is 1. The van der Waals surface area contributed by atoms with E-state index in [0.717, 1.165) is 112 Å². The van der Waals surface area contributed by atoms with Crippen molar-refractivity contribution in [2.45, 2.75) is 108 Å². The molecule has 1 atom stereocenters. The Morgan fingerprint density at radius 3 is 2.38 bits per heavy atom. The number of aryl methyl sites for hydroxylation is 1. The molecule has 8 rings (SSSR count). The molecular formula is C50H64ClN11O7. The van der Waals surface area contributed by atoms with Crippen LogP contribution >= 0.6 is 11.6 Å². The number of amides is 1. The van der Waals surface area contributed by atoms with E-state index in [1.54, 1.807) is 30.6 Å². The zero-order chi connectivity index (χ0) is 47.8. The quantitative estimate of drug-likeness (QED) is 0.0592. The number of carbonyl (C=O) groups excluding carboxylic acids is 1. The number of piperidine rings is 2. The lowest BCUT2D eigenvalue weighted by atomic mass is 9.92. The van der Waals surface area contributed by atoms with Gasteiger partial charge in [0, 0.05) is 87.2 Å². The molecule has 5 aromatic rings. The number of hydrogen-bond acceptors (Lipinski definition) is 16. The predicted octanol–water partition coefficient (Wildman–Crippen LogP) is 6.57. The standard InChI is InChI=1S/C50H64ClN11O7/c1-2-36-34-57-62-45(28-46(59-48(36)62)61-17-4-3-5-40(61)16-20-63)53-30-35-6-13-47(54-31-35)68-26-24-66-22-21-65-23-25-67-41-14-18-60(19-15-41)50-55-32-38(33-56-50)49(64)58-39-8-11-42(12-9-39)69-43-10-7-37(29-52)44(51)27-43/h6-7,10,13,27-28,31-34,39-42,53,63H,2-5,8-9,11-12,14-26,30H2,1H3,(H,58,64)/t39-,40-,42-/m0/s1. The van der Waals surface area contributed by atoms with Gasteiger partial charge in [0.25, 0.3) is 5.91 Å². The van der Waals surface area contributed by atoms with Gasteiger partial charge in [-0.2, -0.15) is 14.9 Å². The summed E-state index contributed by atoms with van der Waals surface area (Å²) in [4.78, 5) is 36.0. The number of aliphatic hydroxyl groups is 1. The number of anilines is 3. The molecule has 3 fully saturated rings. The van der Waals surface area contributed by atoms with Crippen molar-refractivity contribution < 1.29 is 33.6 Å². The number of halogens is 1. The Labute approximate surface area is 408 Å². The maximum absolute atomic E-state index is 13.0. The highest BCUT2D eigenvalue weighted by molar-refractivity contribution is 6.31. The number of aromatic nitrogens is 6. The average Bonchev–Trinajstić information content (AvgIpc) is 3.81. The van der Waals surface area contributed by atoms with Crippen LogP contribution in [-0.4, -0.2) is 131 Å². The summed E-state index contributed by atoms with van der Waals surface area (Å²) in [6.07, 6.45) is 16.9. The molecule has 4 aromatic heterocycles.